The van der Waals surface area contributed by atoms with Crippen LogP contribution in [0, 0.1) is 41.3 Å². The Labute approximate surface area is 160 Å². The van der Waals surface area contributed by atoms with E-state index in [2.05, 4.69) is 17.3 Å². The van der Waals surface area contributed by atoms with Gasteiger partial charge >= 0.3 is 0 Å². The molecule has 2 heterocycles. The summed E-state index contributed by atoms with van der Waals surface area (Å²) in [5.74, 6) is 1.30. The first kappa shape index (κ1) is 16.0. The normalized spacial score (nSPS) is 35.0. The molecule has 140 valence electrons. The molecule has 3 fully saturated rings. The second-order valence-electron chi connectivity index (χ2n) is 8.10. The monoisotopic (exact) mass is 376 g/mol. The number of hydrogen-bond acceptors (Lipinski definition) is 4. The molecule has 28 heavy (non-hydrogen) atoms. The van der Waals surface area contributed by atoms with Gasteiger partial charge in [0, 0.05) is 5.56 Å². The van der Waals surface area contributed by atoms with Gasteiger partial charge in [-0.05, 0) is 66.5 Å². The van der Waals surface area contributed by atoms with E-state index in [1.165, 1.54) is 18.3 Å². The molecule has 0 spiro atoms. The van der Waals surface area contributed by atoms with Crippen molar-refractivity contribution in [1.29, 1.82) is 0 Å². The van der Waals surface area contributed by atoms with E-state index in [1.54, 1.807) is 24.3 Å². The smallest absolute Gasteiger partial charge is 0.254 e. The van der Waals surface area contributed by atoms with Crippen LogP contribution in [0.25, 0.3) is 11.3 Å². The zero-order valence-electron chi connectivity index (χ0n) is 14.9. The molecule has 0 N–H and O–H groups in total. The molecule has 5 nitrogen and oxygen atoms in total. The van der Waals surface area contributed by atoms with Crippen LogP contribution in [0.5, 0.6) is 0 Å². The molecule has 6 heteroatoms. The fraction of sp³-hybridized carbons (Fsp3) is 0.318. The van der Waals surface area contributed by atoms with Crippen molar-refractivity contribution in [1.82, 2.24) is 5.01 Å². The summed E-state index contributed by atoms with van der Waals surface area (Å²) in [6.45, 7) is 0. The largest absolute Gasteiger partial charge is 0.455 e. The highest BCUT2D eigenvalue weighted by Gasteiger charge is 2.67. The van der Waals surface area contributed by atoms with Gasteiger partial charge in [-0.2, -0.15) is 10.1 Å². The third-order valence-corrected chi connectivity index (χ3v) is 6.70. The van der Waals surface area contributed by atoms with E-state index in [0.717, 1.165) is 17.0 Å². The van der Waals surface area contributed by atoms with E-state index in [9.17, 15) is 14.0 Å². The quantitative estimate of drug-likeness (QED) is 0.468. The zero-order valence-corrected chi connectivity index (χ0v) is 14.9. The second-order valence-corrected chi connectivity index (χ2v) is 8.10. The topological polar surface area (TPSA) is 62.9 Å². The molecule has 6 atom stereocenters. The third-order valence-electron chi connectivity index (χ3n) is 6.70. The molecule has 2 aromatic rings. The Morgan fingerprint density at radius 1 is 0.964 bits per heavy atom. The van der Waals surface area contributed by atoms with Crippen molar-refractivity contribution < 1.29 is 18.4 Å². The number of hydrogen-bond donors (Lipinski definition) is 0. The first-order valence-electron chi connectivity index (χ1n) is 9.58. The molecule has 1 aliphatic heterocycles. The summed E-state index contributed by atoms with van der Waals surface area (Å²) in [5.41, 5.74) is 0.738. The van der Waals surface area contributed by atoms with Crippen molar-refractivity contribution in [3.63, 3.8) is 0 Å². The van der Waals surface area contributed by atoms with Gasteiger partial charge in [0.2, 0.25) is 0 Å². The highest BCUT2D eigenvalue weighted by atomic mass is 19.1. The van der Waals surface area contributed by atoms with Gasteiger partial charge in [0.05, 0.1) is 18.1 Å². The Bertz CT molecular complexity index is 1020. The van der Waals surface area contributed by atoms with Gasteiger partial charge in [0.15, 0.2) is 0 Å². The van der Waals surface area contributed by atoms with E-state index in [-0.39, 0.29) is 41.3 Å². The fourth-order valence-electron chi connectivity index (χ4n) is 5.36. The van der Waals surface area contributed by atoms with Crippen LogP contribution in [0.15, 0.2) is 58.1 Å². The van der Waals surface area contributed by atoms with Crippen molar-refractivity contribution in [3.8, 4) is 11.3 Å². The van der Waals surface area contributed by atoms with E-state index < -0.39 is 0 Å². The average molecular weight is 376 g/mol. The van der Waals surface area contributed by atoms with Gasteiger partial charge in [-0.1, -0.05) is 12.2 Å². The number of carbonyl (C=O) groups excluding carboxylic acids is 2. The lowest BCUT2D eigenvalue weighted by Gasteiger charge is -2.37. The van der Waals surface area contributed by atoms with Crippen molar-refractivity contribution in [2.24, 2.45) is 40.6 Å². The number of halogens is 1. The highest BCUT2D eigenvalue weighted by Crippen LogP contribution is 2.65. The first-order valence-corrected chi connectivity index (χ1v) is 9.58. The summed E-state index contributed by atoms with van der Waals surface area (Å²) >= 11 is 0. The molecular formula is C22H17FN2O3. The predicted octanol–water partition coefficient (Wildman–Crippen LogP) is 3.47. The Morgan fingerprint density at radius 3 is 2.25 bits per heavy atom. The van der Waals surface area contributed by atoms with Crippen molar-refractivity contribution >= 4 is 18.0 Å². The number of benzene rings is 1. The van der Waals surface area contributed by atoms with Crippen LogP contribution in [-0.2, 0) is 9.59 Å². The maximum absolute atomic E-state index is 13.1. The minimum atomic E-state index is -0.314. The maximum atomic E-state index is 13.1. The Hall–Kier alpha value is -3.02. The molecule has 1 aromatic carbocycles. The number of amides is 2. The Morgan fingerprint density at radius 2 is 1.61 bits per heavy atom. The lowest BCUT2D eigenvalue weighted by molar-refractivity contribution is -0.140. The number of furan rings is 1. The van der Waals surface area contributed by atoms with Crippen LogP contribution in [-0.4, -0.2) is 23.0 Å². The second kappa shape index (κ2) is 5.50. The minimum Gasteiger partial charge on any atom is -0.455 e. The molecule has 5 aliphatic rings. The van der Waals surface area contributed by atoms with Gasteiger partial charge in [0.25, 0.3) is 11.8 Å². The molecule has 4 aliphatic carbocycles. The Balaban J connectivity index is 1.24. The van der Waals surface area contributed by atoms with E-state index in [4.69, 9.17) is 4.42 Å². The highest BCUT2D eigenvalue weighted by molar-refractivity contribution is 6.06. The summed E-state index contributed by atoms with van der Waals surface area (Å²) in [5, 5.41) is 5.20. The maximum Gasteiger partial charge on any atom is 0.254 e. The number of hydrazone groups is 1. The van der Waals surface area contributed by atoms with Gasteiger partial charge in [-0.15, -0.1) is 0 Å². The summed E-state index contributed by atoms with van der Waals surface area (Å²) in [6, 6.07) is 9.44. The lowest BCUT2D eigenvalue weighted by Crippen LogP contribution is -2.40. The SMILES string of the molecule is O=C1[C@@H]2[C@H]3C=C[C@@H]([C@@H]4C[C@H]34)[C@@H]2C(=O)N1/N=C\c1ccc(-c2ccc(F)cc2)o1. The first-order chi connectivity index (χ1) is 13.6. The van der Waals surface area contributed by atoms with E-state index in [1.807, 2.05) is 0 Å². The molecule has 1 aromatic heterocycles. The number of nitrogens with zero attached hydrogens (tertiary/aromatic N) is 2. The van der Waals surface area contributed by atoms with Crippen molar-refractivity contribution in [2.75, 3.05) is 0 Å². The number of rotatable bonds is 3. The van der Waals surface area contributed by atoms with Crippen molar-refractivity contribution in [2.45, 2.75) is 6.42 Å². The number of allylic oxidation sites excluding steroid dienone is 2. The molecule has 7 rings (SSSR count). The Kier molecular flexibility index (Phi) is 3.14. The summed E-state index contributed by atoms with van der Waals surface area (Å²) in [4.78, 5) is 25.8. The summed E-state index contributed by atoms with van der Waals surface area (Å²) in [6.07, 6.45) is 6.81. The van der Waals surface area contributed by atoms with E-state index in [0.29, 0.717) is 23.4 Å². The van der Waals surface area contributed by atoms with Crippen LogP contribution in [0.1, 0.15) is 12.2 Å². The van der Waals surface area contributed by atoms with E-state index >= 15 is 0 Å². The standard InChI is InChI=1S/C22H17FN2O3/c23-12-3-1-11(2-4-12)18-8-5-13(28-18)10-24-25-21(26)19-14-6-7-15(17-9-16(14)17)20(19)22(25)27/h1-8,10,14-17,19-20H,9H2/b24-10-/t14-,15-,16-,17+,19-,20+/m0/s1. The molecule has 2 bridgehead atoms. The minimum absolute atomic E-state index is 0.186. The van der Waals surface area contributed by atoms with Crippen LogP contribution < -0.4 is 0 Å². The van der Waals surface area contributed by atoms with Gasteiger partial charge in [-0.25, -0.2) is 4.39 Å². The molecule has 2 amide bonds. The van der Waals surface area contributed by atoms with Crippen LogP contribution in [0.3, 0.4) is 0 Å². The van der Waals surface area contributed by atoms with Crippen LogP contribution in [0.4, 0.5) is 4.39 Å². The molecule has 0 unspecified atom stereocenters. The lowest BCUT2D eigenvalue weighted by atomic mass is 9.63. The van der Waals surface area contributed by atoms with Crippen LogP contribution >= 0.6 is 0 Å². The predicted molar refractivity (Wildman–Crippen MR) is 98.2 cm³/mol. The summed E-state index contributed by atoms with van der Waals surface area (Å²) in [7, 11) is 0. The molecular weight excluding hydrogens is 359 g/mol. The molecule has 2 saturated carbocycles. The van der Waals surface area contributed by atoms with Gasteiger partial charge in [-0.3, -0.25) is 9.59 Å². The third kappa shape index (κ3) is 2.14. The fourth-order valence-corrected chi connectivity index (χ4v) is 5.36. The summed E-state index contributed by atoms with van der Waals surface area (Å²) < 4.78 is 18.8. The van der Waals surface area contributed by atoms with Crippen molar-refractivity contribution in [3.05, 3.63) is 60.1 Å². The molecule has 1 saturated heterocycles. The number of imide groups is 1. The zero-order chi connectivity index (χ0) is 19.0. The molecule has 0 radical (unpaired) electrons. The van der Waals surface area contributed by atoms with Crippen LogP contribution in [0.2, 0.25) is 0 Å². The number of carbonyl (C=O) groups is 2. The average Bonchev–Trinajstić information content (AvgIpc) is 3.34. The van der Waals surface area contributed by atoms with Gasteiger partial charge < -0.3 is 4.42 Å². The van der Waals surface area contributed by atoms with Gasteiger partial charge in [0.1, 0.15) is 17.3 Å².